The molecule has 0 aromatic heterocycles. The second-order valence-corrected chi connectivity index (χ2v) is 7.72. The molecule has 2 heteroatoms. The first-order valence-electron chi connectivity index (χ1n) is 9.24. The average Bonchev–Trinajstić information content (AvgIpc) is 2.61. The van der Waals surface area contributed by atoms with Gasteiger partial charge in [0.1, 0.15) is 11.5 Å². The van der Waals surface area contributed by atoms with Gasteiger partial charge in [-0.2, -0.15) is 0 Å². The van der Waals surface area contributed by atoms with Crippen LogP contribution in [0.1, 0.15) is 27.8 Å². The van der Waals surface area contributed by atoms with Crippen LogP contribution in [-0.2, 0) is 0 Å². The van der Waals surface area contributed by atoms with E-state index in [0.717, 1.165) is 32.7 Å². The molecule has 0 saturated carbocycles. The van der Waals surface area contributed by atoms with Crippen LogP contribution >= 0.6 is 0 Å². The summed E-state index contributed by atoms with van der Waals surface area (Å²) in [6.45, 7) is 10.1. The molecule has 4 aromatic rings. The van der Waals surface area contributed by atoms with Crippen molar-refractivity contribution in [3.8, 4) is 22.6 Å². The molecule has 0 heterocycles. The molecular weight excluding hydrogens is 332 g/mol. The molecule has 0 bridgehead atoms. The van der Waals surface area contributed by atoms with Gasteiger partial charge in [-0.15, -0.1) is 0 Å². The van der Waals surface area contributed by atoms with Gasteiger partial charge in [0.15, 0.2) is 0 Å². The Balaban J connectivity index is 2.25. The van der Waals surface area contributed by atoms with Crippen LogP contribution in [0.15, 0.2) is 42.5 Å². The number of aryl methyl sites for hydroxylation is 5. The molecule has 0 unspecified atom stereocenters. The second kappa shape index (κ2) is 6.02. The SMILES string of the molecule is Cc1ccc2c(-c3c(O)c(C)cc4cc(C)c(C)cc34)c(O)c(C)cc2c1. The summed E-state index contributed by atoms with van der Waals surface area (Å²) >= 11 is 0. The summed E-state index contributed by atoms with van der Waals surface area (Å²) in [7, 11) is 0. The van der Waals surface area contributed by atoms with Crippen LogP contribution in [-0.4, -0.2) is 10.2 Å². The lowest BCUT2D eigenvalue weighted by atomic mass is 9.87. The zero-order valence-corrected chi connectivity index (χ0v) is 16.4. The first-order valence-corrected chi connectivity index (χ1v) is 9.24. The van der Waals surface area contributed by atoms with Gasteiger partial charge in [0, 0.05) is 11.1 Å². The Morgan fingerprint density at radius 1 is 0.519 bits per heavy atom. The number of phenols is 2. The van der Waals surface area contributed by atoms with E-state index in [1.807, 2.05) is 38.1 Å². The van der Waals surface area contributed by atoms with Crippen molar-refractivity contribution in [3.63, 3.8) is 0 Å². The summed E-state index contributed by atoms with van der Waals surface area (Å²) in [5.74, 6) is 0.459. The minimum atomic E-state index is 0.229. The molecule has 0 amide bonds. The van der Waals surface area contributed by atoms with Crippen molar-refractivity contribution in [2.75, 3.05) is 0 Å². The van der Waals surface area contributed by atoms with Crippen LogP contribution in [0.3, 0.4) is 0 Å². The number of hydrogen-bond acceptors (Lipinski definition) is 2. The van der Waals surface area contributed by atoms with E-state index in [1.165, 1.54) is 16.7 Å². The molecule has 27 heavy (non-hydrogen) atoms. The highest BCUT2D eigenvalue weighted by Crippen LogP contribution is 2.47. The van der Waals surface area contributed by atoms with Crippen molar-refractivity contribution < 1.29 is 10.2 Å². The van der Waals surface area contributed by atoms with Crippen LogP contribution in [0.4, 0.5) is 0 Å². The Hall–Kier alpha value is -3.00. The Labute approximate surface area is 159 Å². The van der Waals surface area contributed by atoms with Crippen LogP contribution in [0, 0.1) is 34.6 Å². The van der Waals surface area contributed by atoms with Crippen molar-refractivity contribution >= 4 is 21.5 Å². The van der Waals surface area contributed by atoms with Crippen molar-refractivity contribution in [2.45, 2.75) is 34.6 Å². The molecule has 0 spiro atoms. The molecule has 0 fully saturated rings. The number of benzene rings is 4. The van der Waals surface area contributed by atoms with E-state index in [2.05, 4.69) is 39.0 Å². The normalized spacial score (nSPS) is 11.4. The lowest BCUT2D eigenvalue weighted by molar-refractivity contribution is 0.466. The van der Waals surface area contributed by atoms with Gasteiger partial charge >= 0.3 is 0 Å². The fraction of sp³-hybridized carbons (Fsp3) is 0.200. The van der Waals surface area contributed by atoms with Gasteiger partial charge in [-0.3, -0.25) is 0 Å². The van der Waals surface area contributed by atoms with Crippen LogP contribution in [0.5, 0.6) is 11.5 Å². The van der Waals surface area contributed by atoms with E-state index in [9.17, 15) is 10.2 Å². The van der Waals surface area contributed by atoms with E-state index in [1.54, 1.807) is 0 Å². The fourth-order valence-corrected chi connectivity index (χ4v) is 3.96. The minimum absolute atomic E-state index is 0.229. The Morgan fingerprint density at radius 3 is 1.63 bits per heavy atom. The Morgan fingerprint density at radius 2 is 1.00 bits per heavy atom. The Bertz CT molecular complexity index is 1230. The average molecular weight is 356 g/mol. The summed E-state index contributed by atoms with van der Waals surface area (Å²) in [5, 5.41) is 26.1. The predicted octanol–water partition coefficient (Wildman–Crippen LogP) is 6.61. The van der Waals surface area contributed by atoms with Crippen LogP contribution in [0.2, 0.25) is 0 Å². The van der Waals surface area contributed by atoms with Gasteiger partial charge < -0.3 is 10.2 Å². The highest BCUT2D eigenvalue weighted by molar-refractivity contribution is 6.10. The third-order valence-electron chi connectivity index (χ3n) is 5.63. The maximum absolute atomic E-state index is 11.0. The third kappa shape index (κ3) is 2.64. The summed E-state index contributed by atoms with van der Waals surface area (Å²) < 4.78 is 0. The lowest BCUT2D eigenvalue weighted by Gasteiger charge is -2.18. The number of hydrogen-bond donors (Lipinski definition) is 2. The molecule has 2 nitrogen and oxygen atoms in total. The molecule has 136 valence electrons. The van der Waals surface area contributed by atoms with Gasteiger partial charge in [-0.25, -0.2) is 0 Å². The highest BCUT2D eigenvalue weighted by Gasteiger charge is 2.20. The van der Waals surface area contributed by atoms with E-state index in [4.69, 9.17) is 0 Å². The van der Waals surface area contributed by atoms with Gasteiger partial charge in [0.05, 0.1) is 0 Å². The highest BCUT2D eigenvalue weighted by atomic mass is 16.3. The van der Waals surface area contributed by atoms with Gasteiger partial charge in [-0.05, 0) is 90.6 Å². The number of rotatable bonds is 1. The monoisotopic (exact) mass is 356 g/mol. The second-order valence-electron chi connectivity index (χ2n) is 7.72. The fourth-order valence-electron chi connectivity index (χ4n) is 3.96. The van der Waals surface area contributed by atoms with Crippen molar-refractivity contribution in [2.24, 2.45) is 0 Å². The van der Waals surface area contributed by atoms with Gasteiger partial charge in [0.25, 0.3) is 0 Å². The molecule has 0 aliphatic carbocycles. The smallest absolute Gasteiger partial charge is 0.127 e. The topological polar surface area (TPSA) is 40.5 Å². The zero-order valence-electron chi connectivity index (χ0n) is 16.4. The predicted molar refractivity (Wildman–Crippen MR) is 114 cm³/mol. The molecular formula is C25H24O2. The van der Waals surface area contributed by atoms with E-state index in [0.29, 0.717) is 11.1 Å². The molecule has 4 rings (SSSR count). The summed E-state index contributed by atoms with van der Waals surface area (Å²) in [4.78, 5) is 0. The first-order chi connectivity index (χ1) is 12.8. The molecule has 0 atom stereocenters. The van der Waals surface area contributed by atoms with Gasteiger partial charge in [0.2, 0.25) is 0 Å². The molecule has 0 aliphatic heterocycles. The third-order valence-corrected chi connectivity index (χ3v) is 5.63. The van der Waals surface area contributed by atoms with Crippen molar-refractivity contribution in [1.29, 1.82) is 0 Å². The molecule has 4 aromatic carbocycles. The van der Waals surface area contributed by atoms with E-state index in [-0.39, 0.29) is 11.5 Å². The summed E-state index contributed by atoms with van der Waals surface area (Å²) in [6, 6.07) is 14.5. The van der Waals surface area contributed by atoms with Gasteiger partial charge in [-0.1, -0.05) is 35.9 Å². The molecule has 0 saturated heterocycles. The van der Waals surface area contributed by atoms with Crippen molar-refractivity contribution in [3.05, 3.63) is 70.3 Å². The number of phenolic OH excluding ortho intramolecular Hbond substituents is 2. The molecule has 0 aliphatic rings. The van der Waals surface area contributed by atoms with Crippen LogP contribution in [0.25, 0.3) is 32.7 Å². The standard InChI is InChI=1S/C25H24O2/c1-13-6-7-20-18(8-13)10-16(4)24(26)22(20)23-21-12-15(3)14(2)9-19(21)11-17(5)25(23)27/h6-12,26-27H,1-5H3. The summed E-state index contributed by atoms with van der Waals surface area (Å²) in [6.07, 6.45) is 0. The quantitative estimate of drug-likeness (QED) is 0.403. The molecule has 0 radical (unpaired) electrons. The largest absolute Gasteiger partial charge is 0.507 e. The maximum atomic E-state index is 11.0. The number of fused-ring (bicyclic) bond motifs is 2. The Kier molecular flexibility index (Phi) is 3.88. The van der Waals surface area contributed by atoms with E-state index >= 15 is 0 Å². The first kappa shape index (κ1) is 17.4. The minimum Gasteiger partial charge on any atom is -0.507 e. The van der Waals surface area contributed by atoms with E-state index < -0.39 is 0 Å². The maximum Gasteiger partial charge on any atom is 0.127 e. The summed E-state index contributed by atoms with van der Waals surface area (Å²) in [5.41, 5.74) is 6.58. The number of aromatic hydroxyl groups is 2. The lowest BCUT2D eigenvalue weighted by Crippen LogP contribution is -1.93. The van der Waals surface area contributed by atoms with Crippen molar-refractivity contribution in [1.82, 2.24) is 0 Å². The molecule has 2 N–H and O–H groups in total. The van der Waals surface area contributed by atoms with Crippen LogP contribution < -0.4 is 0 Å². The zero-order chi connectivity index (χ0) is 19.5.